The van der Waals surface area contributed by atoms with Gasteiger partial charge in [-0.15, -0.1) is 0 Å². The van der Waals surface area contributed by atoms with Gasteiger partial charge < -0.3 is 24.3 Å². The van der Waals surface area contributed by atoms with Crippen LogP contribution in [0.2, 0.25) is 0 Å². The predicted molar refractivity (Wildman–Crippen MR) is 96.6 cm³/mol. The molecule has 1 rings (SSSR count). The molecule has 26 heavy (non-hydrogen) atoms. The highest BCUT2D eigenvalue weighted by molar-refractivity contribution is 5.93. The van der Waals surface area contributed by atoms with Crippen LogP contribution in [-0.2, 0) is 28.5 Å². The Morgan fingerprint density at radius 2 is 1.50 bits per heavy atom. The molecular formula is C17H27N3O6. The number of benzene rings is 1. The Kier molecular flexibility index (Phi) is 11.8. The second-order valence-electron chi connectivity index (χ2n) is 4.92. The molecule has 9 nitrogen and oxygen atoms in total. The maximum absolute atomic E-state index is 12.4. The molecule has 0 bridgehead atoms. The Balaban J connectivity index is 2.53. The van der Waals surface area contributed by atoms with E-state index >= 15 is 0 Å². The summed E-state index contributed by atoms with van der Waals surface area (Å²) in [5, 5.41) is 2.72. The molecule has 2 amide bonds. The summed E-state index contributed by atoms with van der Waals surface area (Å²) in [6.07, 6.45) is -0.537. The van der Waals surface area contributed by atoms with Crippen LogP contribution in [0.25, 0.3) is 0 Å². The minimum Gasteiger partial charge on any atom is -0.379 e. The molecule has 9 heteroatoms. The van der Waals surface area contributed by atoms with Crippen molar-refractivity contribution in [2.45, 2.75) is 20.1 Å². The second-order valence-corrected chi connectivity index (χ2v) is 4.92. The van der Waals surface area contributed by atoms with Crippen LogP contribution < -0.4 is 16.2 Å². The van der Waals surface area contributed by atoms with Crippen LogP contribution in [0.1, 0.15) is 13.8 Å². The Hall–Kier alpha value is -2.20. The summed E-state index contributed by atoms with van der Waals surface area (Å²) in [7, 11) is 0. The smallest absolute Gasteiger partial charge is 0.281 e. The van der Waals surface area contributed by atoms with Gasteiger partial charge in [0.05, 0.1) is 32.1 Å². The fourth-order valence-corrected chi connectivity index (χ4v) is 1.87. The molecule has 0 fully saturated rings. The van der Waals surface area contributed by atoms with Crippen molar-refractivity contribution in [2.75, 3.05) is 50.4 Å². The number of hydrazine groups is 1. The highest BCUT2D eigenvalue weighted by Gasteiger charge is 2.20. The quantitative estimate of drug-likeness (QED) is 0.184. The van der Waals surface area contributed by atoms with Crippen molar-refractivity contribution in [3.8, 4) is 0 Å². The molecule has 0 heterocycles. The highest BCUT2D eigenvalue weighted by atomic mass is 16.7. The van der Waals surface area contributed by atoms with E-state index in [1.165, 1.54) is 0 Å². The highest BCUT2D eigenvalue weighted by Crippen LogP contribution is 2.13. The molecule has 1 aromatic rings. The summed E-state index contributed by atoms with van der Waals surface area (Å²) in [5.41, 5.74) is 6.24. The largest absolute Gasteiger partial charge is 0.379 e. The lowest BCUT2D eigenvalue weighted by molar-refractivity contribution is -0.173. The molecule has 0 saturated heterocycles. The summed E-state index contributed by atoms with van der Waals surface area (Å²) >= 11 is 0. The third-order valence-electron chi connectivity index (χ3n) is 3.04. The molecule has 0 radical (unpaired) electrons. The molecule has 0 aliphatic rings. The van der Waals surface area contributed by atoms with Gasteiger partial charge in [-0.1, -0.05) is 0 Å². The standard InChI is InChI=1S/C17H27N3O6/c1-3-23-9-11-25-17(26-12-10-24-4-2)16(22)19-14-5-7-15(8-6-14)20-18-13-21/h5-8,13,17,20H,3-4,9-12H2,1-2H3,(H,18,21)(H,19,22). The number of ether oxygens (including phenoxy) is 4. The molecule has 0 aromatic heterocycles. The molecule has 0 saturated carbocycles. The average Bonchev–Trinajstić information content (AvgIpc) is 2.66. The zero-order valence-corrected chi connectivity index (χ0v) is 15.2. The maximum Gasteiger partial charge on any atom is 0.281 e. The topological polar surface area (TPSA) is 107 Å². The van der Waals surface area contributed by atoms with Gasteiger partial charge in [0.1, 0.15) is 0 Å². The predicted octanol–water partition coefficient (Wildman–Crippen LogP) is 1.13. The van der Waals surface area contributed by atoms with Gasteiger partial charge in [0, 0.05) is 18.9 Å². The van der Waals surface area contributed by atoms with E-state index in [0.717, 1.165) is 0 Å². The van der Waals surface area contributed by atoms with E-state index in [-0.39, 0.29) is 13.2 Å². The van der Waals surface area contributed by atoms with Crippen molar-refractivity contribution in [1.29, 1.82) is 0 Å². The van der Waals surface area contributed by atoms with E-state index in [4.69, 9.17) is 18.9 Å². The normalized spacial score (nSPS) is 10.6. The second kappa shape index (κ2) is 14.0. The summed E-state index contributed by atoms with van der Waals surface area (Å²) in [6, 6.07) is 6.77. The van der Waals surface area contributed by atoms with Crippen molar-refractivity contribution >= 4 is 23.7 Å². The van der Waals surface area contributed by atoms with E-state index in [9.17, 15) is 9.59 Å². The van der Waals surface area contributed by atoms with Gasteiger partial charge in [-0.2, -0.15) is 0 Å². The summed E-state index contributed by atoms with van der Waals surface area (Å²) in [5.74, 6) is -0.426. The fourth-order valence-electron chi connectivity index (χ4n) is 1.87. The van der Waals surface area contributed by atoms with E-state index in [2.05, 4.69) is 16.2 Å². The van der Waals surface area contributed by atoms with Gasteiger partial charge >= 0.3 is 0 Å². The van der Waals surface area contributed by atoms with Crippen LogP contribution in [0.5, 0.6) is 0 Å². The van der Waals surface area contributed by atoms with Crippen LogP contribution in [-0.4, -0.2) is 58.2 Å². The van der Waals surface area contributed by atoms with Crippen LogP contribution in [0, 0.1) is 0 Å². The Labute approximate surface area is 153 Å². The number of hydrogen-bond acceptors (Lipinski definition) is 7. The molecule has 0 spiro atoms. The number of anilines is 2. The van der Waals surface area contributed by atoms with E-state index in [1.807, 2.05) is 13.8 Å². The monoisotopic (exact) mass is 369 g/mol. The molecular weight excluding hydrogens is 342 g/mol. The van der Waals surface area contributed by atoms with Crippen molar-refractivity contribution in [3.63, 3.8) is 0 Å². The summed E-state index contributed by atoms with van der Waals surface area (Å²) < 4.78 is 21.3. The summed E-state index contributed by atoms with van der Waals surface area (Å²) in [6.45, 7) is 6.13. The lowest BCUT2D eigenvalue weighted by Crippen LogP contribution is -2.35. The number of hydrogen-bond donors (Lipinski definition) is 3. The molecule has 1 aromatic carbocycles. The SMILES string of the molecule is CCOCCOC(OCCOCC)C(=O)Nc1ccc(NNC=O)cc1. The third-order valence-corrected chi connectivity index (χ3v) is 3.04. The van der Waals surface area contributed by atoms with Crippen LogP contribution >= 0.6 is 0 Å². The molecule has 0 unspecified atom stereocenters. The Morgan fingerprint density at radius 1 is 0.962 bits per heavy atom. The molecule has 0 atom stereocenters. The van der Waals surface area contributed by atoms with E-state index in [1.54, 1.807) is 24.3 Å². The van der Waals surface area contributed by atoms with Crippen LogP contribution in [0.4, 0.5) is 11.4 Å². The van der Waals surface area contributed by atoms with E-state index < -0.39 is 12.2 Å². The Bertz CT molecular complexity index is 500. The number of amides is 2. The van der Waals surface area contributed by atoms with Crippen molar-refractivity contribution in [1.82, 2.24) is 5.43 Å². The molecule has 0 aliphatic heterocycles. The zero-order valence-electron chi connectivity index (χ0n) is 15.2. The van der Waals surface area contributed by atoms with Gasteiger partial charge in [0.15, 0.2) is 0 Å². The number of rotatable bonds is 15. The fraction of sp³-hybridized carbons (Fsp3) is 0.529. The minimum atomic E-state index is -1.06. The van der Waals surface area contributed by atoms with E-state index in [0.29, 0.717) is 44.2 Å². The average molecular weight is 369 g/mol. The number of carbonyl (C=O) groups is 2. The third kappa shape index (κ3) is 9.33. The molecule has 3 N–H and O–H groups in total. The first kappa shape index (κ1) is 21.8. The van der Waals surface area contributed by atoms with Gasteiger partial charge in [-0.05, 0) is 38.1 Å². The van der Waals surface area contributed by atoms with Gasteiger partial charge in [0.2, 0.25) is 12.7 Å². The molecule has 0 aliphatic carbocycles. The minimum absolute atomic E-state index is 0.237. The van der Waals surface area contributed by atoms with Crippen LogP contribution in [0.3, 0.4) is 0 Å². The Morgan fingerprint density at radius 3 is 2.00 bits per heavy atom. The lowest BCUT2D eigenvalue weighted by Gasteiger charge is -2.18. The maximum atomic E-state index is 12.4. The van der Waals surface area contributed by atoms with Crippen molar-refractivity contribution in [2.24, 2.45) is 0 Å². The first-order chi connectivity index (χ1) is 12.7. The van der Waals surface area contributed by atoms with Gasteiger partial charge in [0.25, 0.3) is 5.91 Å². The zero-order chi connectivity index (χ0) is 19.0. The number of nitrogens with one attached hydrogen (secondary N) is 3. The first-order valence-corrected chi connectivity index (χ1v) is 8.46. The first-order valence-electron chi connectivity index (χ1n) is 8.46. The van der Waals surface area contributed by atoms with Crippen molar-refractivity contribution < 1.29 is 28.5 Å². The summed E-state index contributed by atoms with van der Waals surface area (Å²) in [4.78, 5) is 22.6. The van der Waals surface area contributed by atoms with Crippen molar-refractivity contribution in [3.05, 3.63) is 24.3 Å². The molecule has 146 valence electrons. The van der Waals surface area contributed by atoms with Gasteiger partial charge in [-0.25, -0.2) is 0 Å². The number of carbonyl (C=O) groups excluding carboxylic acids is 2. The van der Waals surface area contributed by atoms with Crippen LogP contribution in [0.15, 0.2) is 24.3 Å². The lowest BCUT2D eigenvalue weighted by atomic mass is 10.3. The van der Waals surface area contributed by atoms with Gasteiger partial charge in [-0.3, -0.25) is 20.4 Å².